The molecule has 2 heterocycles. The number of anilines is 1. The van der Waals surface area contributed by atoms with E-state index in [-0.39, 0.29) is 11.3 Å². The van der Waals surface area contributed by atoms with Crippen molar-refractivity contribution in [1.82, 2.24) is 21.1 Å². The second kappa shape index (κ2) is 8.78. The zero-order valence-electron chi connectivity index (χ0n) is 16.6. The van der Waals surface area contributed by atoms with Crippen LogP contribution in [0.4, 0.5) is 5.69 Å². The van der Waals surface area contributed by atoms with Crippen molar-refractivity contribution in [3.63, 3.8) is 0 Å². The van der Waals surface area contributed by atoms with E-state index in [1.807, 2.05) is 23.1 Å². The second-order valence-electron chi connectivity index (χ2n) is 8.61. The van der Waals surface area contributed by atoms with E-state index in [4.69, 9.17) is 11.6 Å². The summed E-state index contributed by atoms with van der Waals surface area (Å²) < 4.78 is 0. The van der Waals surface area contributed by atoms with Crippen LogP contribution in [0.25, 0.3) is 0 Å². The SMILES string of the molecule is CC(C)(C)C1NNCC1CNCC(=O)N1CCN(c2cccc(Cl)c2)CC1. The van der Waals surface area contributed by atoms with Crippen molar-refractivity contribution in [2.24, 2.45) is 11.3 Å². The predicted molar refractivity (Wildman–Crippen MR) is 111 cm³/mol. The van der Waals surface area contributed by atoms with Crippen molar-refractivity contribution in [3.8, 4) is 0 Å². The Balaban J connectivity index is 1.41. The molecule has 2 aliphatic rings. The number of hydrogen-bond donors (Lipinski definition) is 3. The largest absolute Gasteiger partial charge is 0.368 e. The van der Waals surface area contributed by atoms with Crippen molar-refractivity contribution >= 4 is 23.2 Å². The fourth-order valence-corrected chi connectivity index (χ4v) is 4.20. The first-order valence-corrected chi connectivity index (χ1v) is 10.2. The molecule has 27 heavy (non-hydrogen) atoms. The third-order valence-corrected chi connectivity index (χ3v) is 5.75. The number of carbonyl (C=O) groups is 1. The second-order valence-corrected chi connectivity index (χ2v) is 9.04. The number of carbonyl (C=O) groups excluding carboxylic acids is 1. The number of nitrogens with one attached hydrogen (secondary N) is 3. The number of amides is 1. The number of hydrazine groups is 1. The van der Waals surface area contributed by atoms with Crippen LogP contribution in [0.15, 0.2) is 24.3 Å². The average Bonchev–Trinajstić information content (AvgIpc) is 3.11. The first-order chi connectivity index (χ1) is 12.8. The molecular formula is C20H32ClN5O. The summed E-state index contributed by atoms with van der Waals surface area (Å²) in [6.45, 7) is 12.1. The van der Waals surface area contributed by atoms with Crippen molar-refractivity contribution in [3.05, 3.63) is 29.3 Å². The van der Waals surface area contributed by atoms with Gasteiger partial charge in [0.2, 0.25) is 5.91 Å². The fourth-order valence-electron chi connectivity index (χ4n) is 4.01. The van der Waals surface area contributed by atoms with Gasteiger partial charge < -0.3 is 15.1 Å². The summed E-state index contributed by atoms with van der Waals surface area (Å²) in [5, 5.41) is 4.12. The molecule has 0 bridgehead atoms. The molecule has 1 aromatic carbocycles. The Morgan fingerprint density at radius 2 is 2.00 bits per heavy atom. The van der Waals surface area contributed by atoms with Gasteiger partial charge in [-0.05, 0) is 23.6 Å². The van der Waals surface area contributed by atoms with Gasteiger partial charge in [-0.25, -0.2) is 0 Å². The molecule has 1 aromatic rings. The number of rotatable bonds is 5. The third-order valence-electron chi connectivity index (χ3n) is 5.51. The quantitative estimate of drug-likeness (QED) is 0.711. The highest BCUT2D eigenvalue weighted by molar-refractivity contribution is 6.30. The van der Waals surface area contributed by atoms with Crippen LogP contribution >= 0.6 is 11.6 Å². The van der Waals surface area contributed by atoms with E-state index >= 15 is 0 Å². The Morgan fingerprint density at radius 1 is 1.26 bits per heavy atom. The molecule has 2 saturated heterocycles. The summed E-state index contributed by atoms with van der Waals surface area (Å²) in [6.07, 6.45) is 0. The minimum absolute atomic E-state index is 0.187. The molecule has 6 nitrogen and oxygen atoms in total. The monoisotopic (exact) mass is 393 g/mol. The van der Waals surface area contributed by atoms with Gasteiger partial charge in [0, 0.05) is 61.9 Å². The number of benzene rings is 1. The number of nitrogens with zero attached hydrogens (tertiary/aromatic N) is 2. The van der Waals surface area contributed by atoms with E-state index < -0.39 is 0 Å². The van der Waals surface area contributed by atoms with Crippen molar-refractivity contribution < 1.29 is 4.79 Å². The molecule has 2 unspecified atom stereocenters. The van der Waals surface area contributed by atoms with Gasteiger partial charge in [0.15, 0.2) is 0 Å². The van der Waals surface area contributed by atoms with Gasteiger partial charge in [0.25, 0.3) is 0 Å². The van der Waals surface area contributed by atoms with Crippen LogP contribution in [-0.2, 0) is 4.79 Å². The van der Waals surface area contributed by atoms with Crippen LogP contribution in [0.1, 0.15) is 20.8 Å². The Labute approximate surface area is 167 Å². The van der Waals surface area contributed by atoms with E-state index in [2.05, 4.69) is 47.9 Å². The lowest BCUT2D eigenvalue weighted by molar-refractivity contribution is -0.130. The van der Waals surface area contributed by atoms with Crippen LogP contribution in [0.5, 0.6) is 0 Å². The van der Waals surface area contributed by atoms with Gasteiger partial charge in [-0.1, -0.05) is 38.4 Å². The maximum atomic E-state index is 12.5. The molecule has 0 radical (unpaired) electrons. The summed E-state index contributed by atoms with van der Waals surface area (Å²) in [5.74, 6) is 0.671. The predicted octanol–water partition coefficient (Wildman–Crippen LogP) is 1.72. The topological polar surface area (TPSA) is 59.6 Å². The smallest absolute Gasteiger partial charge is 0.236 e. The highest BCUT2D eigenvalue weighted by Gasteiger charge is 2.35. The number of hydrogen-bond acceptors (Lipinski definition) is 5. The average molecular weight is 394 g/mol. The van der Waals surface area contributed by atoms with Crippen LogP contribution in [0.3, 0.4) is 0 Å². The minimum Gasteiger partial charge on any atom is -0.368 e. The van der Waals surface area contributed by atoms with Gasteiger partial charge >= 0.3 is 0 Å². The highest BCUT2D eigenvalue weighted by atomic mass is 35.5. The Morgan fingerprint density at radius 3 is 2.67 bits per heavy atom. The third kappa shape index (κ3) is 5.35. The van der Waals surface area contributed by atoms with E-state index in [0.29, 0.717) is 18.5 Å². The molecular weight excluding hydrogens is 362 g/mol. The molecule has 150 valence electrons. The zero-order chi connectivity index (χ0) is 19.4. The molecule has 2 atom stereocenters. The van der Waals surface area contributed by atoms with E-state index in [0.717, 1.165) is 50.0 Å². The van der Waals surface area contributed by atoms with Crippen molar-refractivity contribution in [2.75, 3.05) is 50.7 Å². The Kier molecular flexibility index (Phi) is 6.63. The first kappa shape index (κ1) is 20.4. The molecule has 2 aliphatic heterocycles. The van der Waals surface area contributed by atoms with E-state index in [1.54, 1.807) is 0 Å². The lowest BCUT2D eigenvalue weighted by Gasteiger charge is -2.36. The molecule has 0 aromatic heterocycles. The summed E-state index contributed by atoms with van der Waals surface area (Å²) in [4.78, 5) is 16.8. The van der Waals surface area contributed by atoms with Crippen LogP contribution in [-0.4, -0.2) is 62.7 Å². The molecule has 3 N–H and O–H groups in total. The van der Waals surface area contributed by atoms with E-state index in [9.17, 15) is 4.79 Å². The van der Waals surface area contributed by atoms with Crippen LogP contribution < -0.4 is 21.1 Å². The summed E-state index contributed by atoms with van der Waals surface area (Å²) in [6, 6.07) is 8.31. The molecule has 0 saturated carbocycles. The van der Waals surface area contributed by atoms with Crippen molar-refractivity contribution in [2.45, 2.75) is 26.8 Å². The molecule has 7 heteroatoms. The van der Waals surface area contributed by atoms with E-state index in [1.165, 1.54) is 0 Å². The first-order valence-electron chi connectivity index (χ1n) is 9.82. The maximum absolute atomic E-state index is 12.5. The lowest BCUT2D eigenvalue weighted by atomic mass is 9.80. The fraction of sp³-hybridized carbons (Fsp3) is 0.650. The van der Waals surface area contributed by atoms with Gasteiger partial charge in [0.1, 0.15) is 0 Å². The van der Waals surface area contributed by atoms with Crippen LogP contribution in [0.2, 0.25) is 5.02 Å². The summed E-state index contributed by atoms with van der Waals surface area (Å²) >= 11 is 6.08. The van der Waals surface area contributed by atoms with Crippen molar-refractivity contribution in [1.29, 1.82) is 0 Å². The minimum atomic E-state index is 0.187. The zero-order valence-corrected chi connectivity index (χ0v) is 17.4. The molecule has 1 amide bonds. The number of piperazine rings is 1. The summed E-state index contributed by atoms with van der Waals surface area (Å²) in [7, 11) is 0. The highest BCUT2D eigenvalue weighted by Crippen LogP contribution is 2.26. The van der Waals surface area contributed by atoms with Gasteiger partial charge in [-0.15, -0.1) is 0 Å². The molecule has 3 rings (SSSR count). The van der Waals surface area contributed by atoms with Crippen LogP contribution in [0, 0.1) is 11.3 Å². The number of halogens is 1. The standard InChI is InChI=1S/C20H32ClN5O/c1-20(2,3)19-15(13-23-24-19)12-22-14-18(27)26-9-7-25(8-10-26)17-6-4-5-16(21)11-17/h4-6,11,15,19,22-24H,7-10,12-14H2,1-3H3. The Hall–Kier alpha value is -1.34. The van der Waals surface area contributed by atoms with Gasteiger partial charge in [-0.3, -0.25) is 15.6 Å². The summed E-state index contributed by atoms with van der Waals surface area (Å²) in [5.41, 5.74) is 7.94. The van der Waals surface area contributed by atoms with Gasteiger partial charge in [0.05, 0.1) is 6.54 Å². The lowest BCUT2D eigenvalue weighted by Crippen LogP contribution is -2.51. The molecule has 2 fully saturated rings. The van der Waals surface area contributed by atoms with Gasteiger partial charge in [-0.2, -0.15) is 0 Å². The molecule has 0 spiro atoms. The Bertz CT molecular complexity index is 640. The maximum Gasteiger partial charge on any atom is 0.236 e. The molecule has 0 aliphatic carbocycles. The normalized spacial score (nSPS) is 23.7.